The molecular weight excluding hydrogens is 410 g/mol. The van der Waals surface area contributed by atoms with Crippen LogP contribution in [-0.2, 0) is 28.4 Å². The summed E-state index contributed by atoms with van der Waals surface area (Å²) in [4.78, 5) is 46.8. The van der Waals surface area contributed by atoms with Crippen molar-refractivity contribution < 1.29 is 19.1 Å². The third-order valence-corrected chi connectivity index (χ3v) is 3.80. The van der Waals surface area contributed by atoms with E-state index < -0.39 is 29.7 Å². The monoisotopic (exact) mass is 425 g/mol. The van der Waals surface area contributed by atoms with Crippen LogP contribution in [-0.4, -0.2) is 34.2 Å². The lowest BCUT2D eigenvalue weighted by Crippen LogP contribution is -2.38. The van der Waals surface area contributed by atoms with Crippen molar-refractivity contribution in [3.05, 3.63) is 55.6 Å². The van der Waals surface area contributed by atoms with Crippen LogP contribution in [0, 0.1) is 0 Å². The predicted molar refractivity (Wildman–Crippen MR) is 96.1 cm³/mol. The Morgan fingerprint density at radius 1 is 1.12 bits per heavy atom. The van der Waals surface area contributed by atoms with Gasteiger partial charge in [0.15, 0.2) is 13.2 Å². The maximum Gasteiger partial charge on any atom is 0.344 e. The molecule has 1 amide bonds. The minimum absolute atomic E-state index is 0.00420. The van der Waals surface area contributed by atoms with Crippen molar-refractivity contribution in [3.63, 3.8) is 0 Å². The topological polar surface area (TPSA) is 109 Å². The number of benzene rings is 1. The summed E-state index contributed by atoms with van der Waals surface area (Å²) in [6.07, 6.45) is 0. The second-order valence-electron chi connectivity index (χ2n) is 5.22. The molecule has 1 heterocycles. The van der Waals surface area contributed by atoms with Crippen LogP contribution < -0.4 is 21.3 Å². The first kappa shape index (κ1) is 19.4. The van der Waals surface area contributed by atoms with E-state index in [-0.39, 0.29) is 12.4 Å². The van der Waals surface area contributed by atoms with Crippen LogP contribution >= 0.6 is 15.9 Å². The lowest BCUT2D eigenvalue weighted by Gasteiger charge is -2.11. The molecule has 0 aliphatic heterocycles. The van der Waals surface area contributed by atoms with Crippen LogP contribution in [0.15, 0.2) is 44.4 Å². The number of esters is 1. The van der Waals surface area contributed by atoms with Gasteiger partial charge >= 0.3 is 11.7 Å². The molecule has 0 fully saturated rings. The van der Waals surface area contributed by atoms with Crippen molar-refractivity contribution in [1.82, 2.24) is 9.13 Å². The summed E-state index contributed by atoms with van der Waals surface area (Å²) in [5.74, 6) is -0.956. The van der Waals surface area contributed by atoms with E-state index in [9.17, 15) is 19.2 Å². The number of carbonyl (C=O) groups excluding carboxylic acids is 2. The summed E-state index contributed by atoms with van der Waals surface area (Å²) >= 11 is 3.27. The summed E-state index contributed by atoms with van der Waals surface area (Å²) < 4.78 is 12.8. The molecule has 1 aromatic carbocycles. The highest BCUT2D eigenvalue weighted by molar-refractivity contribution is 9.10. The van der Waals surface area contributed by atoms with E-state index in [2.05, 4.69) is 21.2 Å². The van der Waals surface area contributed by atoms with Crippen molar-refractivity contribution in [1.29, 1.82) is 0 Å². The molecule has 0 aliphatic carbocycles. The number of hydrogen-bond donors (Lipinski definition) is 1. The Kier molecular flexibility index (Phi) is 6.34. The maximum absolute atomic E-state index is 11.8. The van der Waals surface area contributed by atoms with Gasteiger partial charge in [0.05, 0.1) is 0 Å². The Labute approximate surface area is 156 Å². The molecule has 2 aromatic rings. The van der Waals surface area contributed by atoms with Gasteiger partial charge in [-0.2, -0.15) is 0 Å². The van der Waals surface area contributed by atoms with Crippen LogP contribution in [0.5, 0.6) is 5.75 Å². The Hall–Kier alpha value is -2.88. The molecule has 26 heavy (non-hydrogen) atoms. The number of halogens is 1. The molecule has 0 radical (unpaired) electrons. The van der Waals surface area contributed by atoms with Crippen LogP contribution in [0.1, 0.15) is 0 Å². The van der Waals surface area contributed by atoms with E-state index in [1.54, 1.807) is 24.3 Å². The van der Waals surface area contributed by atoms with Gasteiger partial charge in [0.2, 0.25) is 0 Å². The van der Waals surface area contributed by atoms with Gasteiger partial charge in [0.25, 0.3) is 11.5 Å². The van der Waals surface area contributed by atoms with E-state index in [1.165, 1.54) is 14.1 Å². The number of amides is 1. The highest BCUT2D eigenvalue weighted by Crippen LogP contribution is 2.17. The SMILES string of the molecule is Cn1c(NC(=O)COC(=O)COc2cccc(Br)c2)cc(=O)n(C)c1=O. The molecule has 1 aromatic heterocycles. The van der Waals surface area contributed by atoms with Crippen molar-refractivity contribution >= 4 is 33.6 Å². The quantitative estimate of drug-likeness (QED) is 0.671. The van der Waals surface area contributed by atoms with Crippen LogP contribution in [0.3, 0.4) is 0 Å². The van der Waals surface area contributed by atoms with E-state index in [0.717, 1.165) is 19.7 Å². The van der Waals surface area contributed by atoms with Gasteiger partial charge in [-0.15, -0.1) is 0 Å². The van der Waals surface area contributed by atoms with Crippen LogP contribution in [0.25, 0.3) is 0 Å². The molecule has 10 heteroatoms. The second-order valence-corrected chi connectivity index (χ2v) is 6.14. The molecular formula is C16H16BrN3O6. The lowest BCUT2D eigenvalue weighted by atomic mass is 10.3. The molecule has 0 unspecified atom stereocenters. The highest BCUT2D eigenvalue weighted by Gasteiger charge is 2.12. The van der Waals surface area contributed by atoms with Gasteiger partial charge < -0.3 is 14.8 Å². The van der Waals surface area contributed by atoms with E-state index >= 15 is 0 Å². The number of aromatic nitrogens is 2. The van der Waals surface area contributed by atoms with Crippen LogP contribution in [0.2, 0.25) is 0 Å². The smallest absolute Gasteiger partial charge is 0.344 e. The molecule has 0 spiro atoms. The number of nitrogens with one attached hydrogen (secondary N) is 1. The van der Waals surface area contributed by atoms with Crippen molar-refractivity contribution in [2.24, 2.45) is 14.1 Å². The average Bonchev–Trinajstić information content (AvgIpc) is 2.61. The zero-order valence-electron chi connectivity index (χ0n) is 14.0. The van der Waals surface area contributed by atoms with Gasteiger partial charge in [-0.25, -0.2) is 9.59 Å². The van der Waals surface area contributed by atoms with Gasteiger partial charge in [0.1, 0.15) is 11.6 Å². The number of hydrogen-bond acceptors (Lipinski definition) is 6. The maximum atomic E-state index is 11.8. The summed E-state index contributed by atoms with van der Waals surface area (Å²) in [5, 5.41) is 2.34. The fourth-order valence-corrected chi connectivity index (χ4v) is 2.30. The number of ether oxygens (including phenoxy) is 2. The molecule has 138 valence electrons. The Bertz CT molecular complexity index is 950. The first-order chi connectivity index (χ1) is 12.3. The number of nitrogens with zero attached hydrogens (tertiary/aromatic N) is 2. The van der Waals surface area contributed by atoms with E-state index in [0.29, 0.717) is 5.75 Å². The van der Waals surface area contributed by atoms with E-state index in [1.807, 2.05) is 0 Å². The summed E-state index contributed by atoms with van der Waals surface area (Å²) in [5.41, 5.74) is -1.16. The largest absolute Gasteiger partial charge is 0.482 e. The number of anilines is 1. The van der Waals surface area contributed by atoms with E-state index in [4.69, 9.17) is 9.47 Å². The fraction of sp³-hybridized carbons (Fsp3) is 0.250. The van der Waals surface area contributed by atoms with Crippen molar-refractivity contribution in [3.8, 4) is 5.75 Å². The standard InChI is InChI=1S/C16H16BrN3O6/c1-19-12(7-14(22)20(2)16(19)24)18-13(21)8-26-15(23)9-25-11-5-3-4-10(17)6-11/h3-7H,8-9H2,1-2H3,(H,18,21). The number of rotatable bonds is 6. The fourth-order valence-electron chi connectivity index (χ4n) is 1.92. The summed E-state index contributed by atoms with van der Waals surface area (Å²) in [6.45, 7) is -0.946. The molecule has 0 bridgehead atoms. The zero-order chi connectivity index (χ0) is 19.3. The molecule has 0 saturated heterocycles. The third kappa shape index (κ3) is 5.06. The Balaban J connectivity index is 1.86. The van der Waals surface area contributed by atoms with Crippen molar-refractivity contribution in [2.45, 2.75) is 0 Å². The van der Waals surface area contributed by atoms with Gasteiger partial charge in [-0.05, 0) is 18.2 Å². The lowest BCUT2D eigenvalue weighted by molar-refractivity contribution is -0.149. The molecule has 2 rings (SSSR count). The van der Waals surface area contributed by atoms with Gasteiger partial charge in [-0.3, -0.25) is 18.7 Å². The molecule has 1 N–H and O–H groups in total. The first-order valence-corrected chi connectivity index (χ1v) is 8.18. The first-order valence-electron chi connectivity index (χ1n) is 7.39. The minimum Gasteiger partial charge on any atom is -0.482 e. The molecule has 9 nitrogen and oxygen atoms in total. The Morgan fingerprint density at radius 2 is 1.85 bits per heavy atom. The number of carbonyl (C=O) groups is 2. The second kappa shape index (κ2) is 8.48. The van der Waals surface area contributed by atoms with Crippen molar-refractivity contribution in [2.75, 3.05) is 18.5 Å². The predicted octanol–water partition coefficient (Wildman–Crippen LogP) is 0.407. The summed E-state index contributed by atoms with van der Waals surface area (Å²) in [7, 11) is 2.72. The zero-order valence-corrected chi connectivity index (χ0v) is 15.6. The van der Waals surface area contributed by atoms with Gasteiger partial charge in [0, 0.05) is 24.6 Å². The summed E-state index contributed by atoms with van der Waals surface area (Å²) in [6, 6.07) is 7.99. The minimum atomic E-state index is -0.738. The average molecular weight is 426 g/mol. The molecule has 0 saturated carbocycles. The normalized spacial score (nSPS) is 10.3. The Morgan fingerprint density at radius 3 is 2.54 bits per heavy atom. The third-order valence-electron chi connectivity index (χ3n) is 3.31. The molecule has 0 aliphatic rings. The highest BCUT2D eigenvalue weighted by atomic mass is 79.9. The van der Waals surface area contributed by atoms with Crippen LogP contribution in [0.4, 0.5) is 5.82 Å². The van der Waals surface area contributed by atoms with Gasteiger partial charge in [-0.1, -0.05) is 22.0 Å². The molecule has 0 atom stereocenters.